The SMILES string of the molecule is CC(CO)C(C)NC(=O)Nc1ccc2c(c1)OC1(CCCCC1)O2. The van der Waals surface area contributed by atoms with Crippen molar-refractivity contribution in [2.45, 2.75) is 57.8 Å². The zero-order valence-corrected chi connectivity index (χ0v) is 14.3. The van der Waals surface area contributed by atoms with Gasteiger partial charge in [-0.1, -0.05) is 13.3 Å². The summed E-state index contributed by atoms with van der Waals surface area (Å²) < 4.78 is 12.1. The third-order valence-electron chi connectivity index (χ3n) is 4.91. The zero-order chi connectivity index (χ0) is 17.2. The summed E-state index contributed by atoms with van der Waals surface area (Å²) in [7, 11) is 0. The average Bonchev–Trinajstić information content (AvgIpc) is 2.91. The second-order valence-electron chi connectivity index (χ2n) is 6.88. The molecular formula is C18H26N2O4. The van der Waals surface area contributed by atoms with Gasteiger partial charge < -0.3 is 25.2 Å². The number of amides is 2. The molecule has 1 spiro atoms. The number of benzene rings is 1. The van der Waals surface area contributed by atoms with Gasteiger partial charge in [0.2, 0.25) is 0 Å². The number of anilines is 1. The standard InChI is InChI=1S/C18H26N2O4/c1-12(11-21)13(2)19-17(22)20-14-6-7-15-16(10-14)24-18(23-15)8-4-3-5-9-18/h6-7,10,12-13,21H,3-5,8-9,11H2,1-2H3,(H2,19,20,22). The largest absolute Gasteiger partial charge is 0.448 e. The number of aliphatic hydroxyl groups excluding tert-OH is 1. The van der Waals surface area contributed by atoms with Gasteiger partial charge in [0.25, 0.3) is 5.79 Å². The highest BCUT2D eigenvalue weighted by molar-refractivity contribution is 5.89. The Hall–Kier alpha value is -1.95. The van der Waals surface area contributed by atoms with Crippen LogP contribution < -0.4 is 20.1 Å². The fourth-order valence-electron chi connectivity index (χ4n) is 3.14. The van der Waals surface area contributed by atoms with E-state index >= 15 is 0 Å². The van der Waals surface area contributed by atoms with E-state index in [9.17, 15) is 4.79 Å². The summed E-state index contributed by atoms with van der Waals surface area (Å²) in [6.07, 6.45) is 5.26. The molecule has 0 bridgehead atoms. The van der Waals surface area contributed by atoms with Gasteiger partial charge in [0.1, 0.15) is 0 Å². The van der Waals surface area contributed by atoms with Crippen LogP contribution in [0.5, 0.6) is 11.5 Å². The van der Waals surface area contributed by atoms with E-state index in [-0.39, 0.29) is 24.6 Å². The van der Waals surface area contributed by atoms with Crippen molar-refractivity contribution in [3.8, 4) is 11.5 Å². The van der Waals surface area contributed by atoms with Crippen molar-refractivity contribution >= 4 is 11.7 Å². The Balaban J connectivity index is 1.62. The maximum atomic E-state index is 12.1. The molecule has 1 heterocycles. The maximum Gasteiger partial charge on any atom is 0.319 e. The van der Waals surface area contributed by atoms with Crippen molar-refractivity contribution in [3.63, 3.8) is 0 Å². The number of ether oxygens (including phenoxy) is 2. The summed E-state index contributed by atoms with van der Waals surface area (Å²) in [5.74, 6) is 0.919. The lowest BCUT2D eigenvalue weighted by atomic mass is 9.94. The van der Waals surface area contributed by atoms with Crippen molar-refractivity contribution in [1.29, 1.82) is 0 Å². The first kappa shape index (κ1) is 16.9. The molecule has 0 radical (unpaired) electrons. The Morgan fingerprint density at radius 1 is 1.21 bits per heavy atom. The highest BCUT2D eigenvalue weighted by atomic mass is 16.7. The molecule has 2 unspecified atom stereocenters. The molecule has 132 valence electrons. The first-order chi connectivity index (χ1) is 11.5. The molecule has 1 aliphatic carbocycles. The minimum Gasteiger partial charge on any atom is -0.448 e. The van der Waals surface area contributed by atoms with E-state index < -0.39 is 5.79 Å². The normalized spacial score (nSPS) is 20.5. The molecule has 6 nitrogen and oxygen atoms in total. The van der Waals surface area contributed by atoms with Gasteiger partial charge in [-0.25, -0.2) is 4.79 Å². The van der Waals surface area contributed by atoms with E-state index in [4.69, 9.17) is 14.6 Å². The van der Waals surface area contributed by atoms with E-state index in [0.29, 0.717) is 11.4 Å². The lowest BCUT2D eigenvalue weighted by molar-refractivity contribution is -0.105. The summed E-state index contributed by atoms with van der Waals surface area (Å²) in [6, 6.07) is 5.04. The number of hydrogen-bond donors (Lipinski definition) is 3. The van der Waals surface area contributed by atoms with Crippen LogP contribution >= 0.6 is 0 Å². The third-order valence-corrected chi connectivity index (χ3v) is 4.91. The summed E-state index contributed by atoms with van der Waals surface area (Å²) in [5.41, 5.74) is 0.659. The number of fused-ring (bicyclic) bond motifs is 1. The van der Waals surface area contributed by atoms with Crippen LogP contribution in [0.15, 0.2) is 18.2 Å². The predicted octanol–water partition coefficient (Wildman–Crippen LogP) is 3.26. The molecule has 1 aromatic rings. The molecule has 0 aromatic heterocycles. The first-order valence-corrected chi connectivity index (χ1v) is 8.72. The molecule has 0 saturated heterocycles. The van der Waals surface area contributed by atoms with Crippen LogP contribution in [0.25, 0.3) is 0 Å². The van der Waals surface area contributed by atoms with Crippen molar-refractivity contribution in [2.24, 2.45) is 5.92 Å². The zero-order valence-electron chi connectivity index (χ0n) is 14.3. The highest BCUT2D eigenvalue weighted by Gasteiger charge is 2.42. The Kier molecular flexibility index (Phi) is 4.85. The Morgan fingerprint density at radius 3 is 2.62 bits per heavy atom. The summed E-state index contributed by atoms with van der Waals surface area (Å²) in [5, 5.41) is 14.8. The van der Waals surface area contributed by atoms with Gasteiger partial charge in [0.05, 0.1) is 0 Å². The predicted molar refractivity (Wildman–Crippen MR) is 91.4 cm³/mol. The second-order valence-corrected chi connectivity index (χ2v) is 6.88. The fourth-order valence-corrected chi connectivity index (χ4v) is 3.14. The van der Waals surface area contributed by atoms with Crippen LogP contribution in [0.4, 0.5) is 10.5 Å². The molecule has 1 aromatic carbocycles. The number of carbonyl (C=O) groups is 1. The summed E-state index contributed by atoms with van der Waals surface area (Å²) in [4.78, 5) is 12.1. The molecule has 2 amide bonds. The van der Waals surface area contributed by atoms with Gasteiger partial charge in [-0.2, -0.15) is 0 Å². The number of rotatable bonds is 4. The summed E-state index contributed by atoms with van der Waals surface area (Å²) in [6.45, 7) is 3.79. The second kappa shape index (κ2) is 6.89. The van der Waals surface area contributed by atoms with Crippen molar-refractivity contribution in [2.75, 3.05) is 11.9 Å². The van der Waals surface area contributed by atoms with Crippen LogP contribution in [-0.2, 0) is 0 Å². The third kappa shape index (κ3) is 3.59. The number of hydrogen-bond acceptors (Lipinski definition) is 4. The Morgan fingerprint density at radius 2 is 1.92 bits per heavy atom. The van der Waals surface area contributed by atoms with Gasteiger partial charge in [0.15, 0.2) is 11.5 Å². The van der Waals surface area contributed by atoms with Crippen LogP contribution in [0.1, 0.15) is 46.0 Å². The quantitative estimate of drug-likeness (QED) is 0.789. The van der Waals surface area contributed by atoms with E-state index in [0.717, 1.165) is 31.4 Å². The van der Waals surface area contributed by atoms with E-state index in [1.807, 2.05) is 26.0 Å². The molecule has 2 atom stereocenters. The van der Waals surface area contributed by atoms with Crippen molar-refractivity contribution in [1.82, 2.24) is 5.32 Å². The number of nitrogens with one attached hydrogen (secondary N) is 2. The van der Waals surface area contributed by atoms with E-state index in [1.54, 1.807) is 6.07 Å². The molecular weight excluding hydrogens is 308 g/mol. The van der Waals surface area contributed by atoms with Crippen molar-refractivity contribution in [3.05, 3.63) is 18.2 Å². The minimum atomic E-state index is -0.507. The maximum absolute atomic E-state index is 12.1. The number of urea groups is 1. The van der Waals surface area contributed by atoms with Gasteiger partial charge in [-0.05, 0) is 37.8 Å². The smallest absolute Gasteiger partial charge is 0.319 e. The first-order valence-electron chi connectivity index (χ1n) is 8.72. The van der Waals surface area contributed by atoms with Gasteiger partial charge in [-0.15, -0.1) is 0 Å². The minimum absolute atomic E-state index is 0.00124. The molecule has 1 aliphatic heterocycles. The van der Waals surface area contributed by atoms with Gasteiger partial charge in [0, 0.05) is 37.2 Å². The summed E-state index contributed by atoms with van der Waals surface area (Å²) >= 11 is 0. The molecule has 1 fully saturated rings. The van der Waals surface area contributed by atoms with Crippen LogP contribution in [0, 0.1) is 5.92 Å². The van der Waals surface area contributed by atoms with E-state index in [1.165, 1.54) is 6.42 Å². The molecule has 3 N–H and O–H groups in total. The van der Waals surface area contributed by atoms with Crippen LogP contribution in [0.2, 0.25) is 0 Å². The lowest BCUT2D eigenvalue weighted by Gasteiger charge is -2.31. The molecule has 6 heteroatoms. The molecule has 3 rings (SSSR count). The van der Waals surface area contributed by atoms with Crippen molar-refractivity contribution < 1.29 is 19.4 Å². The van der Waals surface area contributed by atoms with Gasteiger partial charge >= 0.3 is 6.03 Å². The number of aliphatic hydroxyl groups is 1. The van der Waals surface area contributed by atoms with Gasteiger partial charge in [-0.3, -0.25) is 0 Å². The average molecular weight is 334 g/mol. The van der Waals surface area contributed by atoms with E-state index in [2.05, 4.69) is 10.6 Å². The Labute approximate surface area is 142 Å². The molecule has 1 saturated carbocycles. The Bertz CT molecular complexity index is 599. The van der Waals surface area contributed by atoms with Crippen LogP contribution in [0.3, 0.4) is 0 Å². The molecule has 2 aliphatic rings. The van der Waals surface area contributed by atoms with Crippen LogP contribution in [-0.4, -0.2) is 29.6 Å². The monoisotopic (exact) mass is 334 g/mol. The topological polar surface area (TPSA) is 79.8 Å². The highest BCUT2D eigenvalue weighted by Crippen LogP contribution is 2.46. The lowest BCUT2D eigenvalue weighted by Crippen LogP contribution is -2.40. The fraction of sp³-hybridized carbons (Fsp3) is 0.611. The number of carbonyl (C=O) groups excluding carboxylic acids is 1. The molecule has 24 heavy (non-hydrogen) atoms.